The lowest BCUT2D eigenvalue weighted by atomic mass is 9.94. The summed E-state index contributed by atoms with van der Waals surface area (Å²) in [6, 6.07) is 10.0. The molecule has 0 bridgehead atoms. The molecule has 94 valence electrons. The molecule has 0 spiro atoms. The Kier molecular flexibility index (Phi) is 3.48. The van der Waals surface area contributed by atoms with Gasteiger partial charge in [-0.05, 0) is 77.7 Å². The molecule has 0 amide bonds. The van der Waals surface area contributed by atoms with Gasteiger partial charge in [-0.3, -0.25) is 0 Å². The Bertz CT molecular complexity index is 549. The Balaban J connectivity index is 1.83. The zero-order chi connectivity index (χ0) is 12.5. The van der Waals surface area contributed by atoms with Gasteiger partial charge in [0.1, 0.15) is 5.75 Å². The van der Waals surface area contributed by atoms with Gasteiger partial charge in [-0.25, -0.2) is 0 Å². The van der Waals surface area contributed by atoms with Crippen LogP contribution in [0.15, 0.2) is 30.3 Å². The highest BCUT2D eigenvalue weighted by Crippen LogP contribution is 2.38. The van der Waals surface area contributed by atoms with E-state index >= 15 is 0 Å². The van der Waals surface area contributed by atoms with E-state index in [1.807, 2.05) is 23.5 Å². The molecule has 3 rings (SSSR count). The molecule has 0 saturated carbocycles. The number of halogens is 1. The summed E-state index contributed by atoms with van der Waals surface area (Å²) in [4.78, 5) is 1.53. The van der Waals surface area contributed by atoms with Gasteiger partial charge in [0, 0.05) is 10.6 Å². The zero-order valence-electron chi connectivity index (χ0n) is 9.82. The van der Waals surface area contributed by atoms with Crippen LogP contribution in [-0.2, 0) is 6.42 Å². The van der Waals surface area contributed by atoms with Crippen molar-refractivity contribution >= 4 is 39.6 Å². The summed E-state index contributed by atoms with van der Waals surface area (Å²) in [6.45, 7) is 0. The van der Waals surface area contributed by atoms with Gasteiger partial charge in [-0.15, -0.1) is 11.3 Å². The zero-order valence-corrected chi connectivity index (χ0v) is 12.8. The average Bonchev–Trinajstić information content (AvgIpc) is 2.73. The summed E-state index contributed by atoms with van der Waals surface area (Å²) in [7, 11) is 0. The summed E-state index contributed by atoms with van der Waals surface area (Å²) in [5.41, 5.74) is 2.54. The first kappa shape index (κ1) is 12.3. The number of phenols is 1. The van der Waals surface area contributed by atoms with Gasteiger partial charge in [0.25, 0.3) is 0 Å². The molecule has 1 atom stereocenters. The molecule has 1 aromatic carbocycles. The molecule has 1 unspecified atom stereocenters. The average molecular weight is 371 g/mol. The topological polar surface area (TPSA) is 32.3 Å². The van der Waals surface area contributed by atoms with Crippen molar-refractivity contribution in [1.29, 1.82) is 0 Å². The van der Waals surface area contributed by atoms with E-state index in [1.54, 1.807) is 12.1 Å². The fourth-order valence-electron chi connectivity index (χ4n) is 2.43. The minimum atomic E-state index is 0.315. The third-order valence-electron chi connectivity index (χ3n) is 3.29. The standard InChI is InChI=1S/C14H14INOS/c15-14-8-11-12(2-1-3-13(11)18-14)16-9-4-6-10(17)7-5-9/h4-8,12,16-17H,1-3H2. The Morgan fingerprint density at radius 3 is 2.83 bits per heavy atom. The van der Waals surface area contributed by atoms with E-state index in [4.69, 9.17) is 0 Å². The number of hydrogen-bond acceptors (Lipinski definition) is 3. The van der Waals surface area contributed by atoms with Gasteiger partial charge in [-0.2, -0.15) is 0 Å². The number of anilines is 1. The summed E-state index contributed by atoms with van der Waals surface area (Å²) < 4.78 is 1.37. The smallest absolute Gasteiger partial charge is 0.115 e. The lowest BCUT2D eigenvalue weighted by molar-refractivity contribution is 0.475. The van der Waals surface area contributed by atoms with Crippen molar-refractivity contribution < 1.29 is 5.11 Å². The second-order valence-corrected chi connectivity index (χ2v) is 7.60. The minimum absolute atomic E-state index is 0.315. The molecule has 2 nitrogen and oxygen atoms in total. The van der Waals surface area contributed by atoms with E-state index in [0.717, 1.165) is 5.69 Å². The molecule has 2 N–H and O–H groups in total. The molecule has 18 heavy (non-hydrogen) atoms. The van der Waals surface area contributed by atoms with E-state index in [2.05, 4.69) is 34.0 Å². The largest absolute Gasteiger partial charge is 0.508 e. The lowest BCUT2D eigenvalue weighted by Gasteiger charge is -2.24. The predicted molar refractivity (Wildman–Crippen MR) is 84.4 cm³/mol. The van der Waals surface area contributed by atoms with Crippen LogP contribution >= 0.6 is 33.9 Å². The minimum Gasteiger partial charge on any atom is -0.508 e. The van der Waals surface area contributed by atoms with E-state index in [0.29, 0.717) is 11.8 Å². The predicted octanol–water partition coefficient (Wildman–Crippen LogP) is 4.55. The highest BCUT2D eigenvalue weighted by molar-refractivity contribution is 14.1. The second-order valence-electron chi connectivity index (χ2n) is 4.57. The quantitative estimate of drug-likeness (QED) is 0.600. The lowest BCUT2D eigenvalue weighted by Crippen LogP contribution is -2.15. The maximum Gasteiger partial charge on any atom is 0.115 e. The first-order chi connectivity index (χ1) is 8.72. The molecule has 0 fully saturated rings. The van der Waals surface area contributed by atoms with Crippen LogP contribution in [0.25, 0.3) is 0 Å². The summed E-state index contributed by atoms with van der Waals surface area (Å²) >= 11 is 4.32. The normalized spacial score (nSPS) is 18.4. The van der Waals surface area contributed by atoms with Crippen LogP contribution in [0.4, 0.5) is 5.69 Å². The van der Waals surface area contributed by atoms with Gasteiger partial charge in [0.05, 0.1) is 8.93 Å². The molecular formula is C14H14INOS. The van der Waals surface area contributed by atoms with E-state index < -0.39 is 0 Å². The molecule has 1 aromatic heterocycles. The van der Waals surface area contributed by atoms with Gasteiger partial charge in [0.15, 0.2) is 0 Å². The number of rotatable bonds is 2. The number of benzene rings is 1. The van der Waals surface area contributed by atoms with Crippen LogP contribution in [0.5, 0.6) is 5.75 Å². The van der Waals surface area contributed by atoms with Crippen molar-refractivity contribution in [3.63, 3.8) is 0 Å². The molecule has 0 aliphatic heterocycles. The van der Waals surface area contributed by atoms with Crippen molar-refractivity contribution in [1.82, 2.24) is 0 Å². The number of aryl methyl sites for hydroxylation is 1. The van der Waals surface area contributed by atoms with Crippen LogP contribution in [0.3, 0.4) is 0 Å². The Morgan fingerprint density at radius 2 is 2.06 bits per heavy atom. The fourth-order valence-corrected chi connectivity index (χ4v) is 4.55. The third kappa shape index (κ3) is 2.49. The first-order valence-corrected chi connectivity index (χ1v) is 7.95. The molecule has 4 heteroatoms. The van der Waals surface area contributed by atoms with Crippen molar-refractivity contribution in [3.05, 3.63) is 43.7 Å². The number of phenolic OH excluding ortho intramolecular Hbond substituents is 1. The summed E-state index contributed by atoms with van der Waals surface area (Å²) in [5, 5.41) is 12.9. The number of fused-ring (bicyclic) bond motifs is 1. The summed E-state index contributed by atoms with van der Waals surface area (Å²) in [5.74, 6) is 0.315. The van der Waals surface area contributed by atoms with Gasteiger partial charge in [0.2, 0.25) is 0 Å². The SMILES string of the molecule is Oc1ccc(NC2CCCc3sc(I)cc32)cc1. The van der Waals surface area contributed by atoms with Crippen molar-refractivity contribution in [2.45, 2.75) is 25.3 Å². The number of thiophene rings is 1. The highest BCUT2D eigenvalue weighted by atomic mass is 127. The maximum atomic E-state index is 9.30. The van der Waals surface area contributed by atoms with E-state index in [1.165, 1.54) is 32.6 Å². The molecule has 1 heterocycles. The number of nitrogens with one attached hydrogen (secondary N) is 1. The van der Waals surface area contributed by atoms with Crippen LogP contribution in [0.2, 0.25) is 0 Å². The maximum absolute atomic E-state index is 9.30. The molecule has 2 aromatic rings. The van der Waals surface area contributed by atoms with Gasteiger partial charge in [-0.1, -0.05) is 0 Å². The van der Waals surface area contributed by atoms with E-state index in [-0.39, 0.29) is 0 Å². The van der Waals surface area contributed by atoms with Crippen molar-refractivity contribution in [3.8, 4) is 5.75 Å². The van der Waals surface area contributed by atoms with Crippen LogP contribution in [0, 0.1) is 2.88 Å². The number of aromatic hydroxyl groups is 1. The van der Waals surface area contributed by atoms with E-state index in [9.17, 15) is 5.11 Å². The summed E-state index contributed by atoms with van der Waals surface area (Å²) in [6.07, 6.45) is 3.65. The highest BCUT2D eigenvalue weighted by Gasteiger charge is 2.22. The monoisotopic (exact) mass is 371 g/mol. The van der Waals surface area contributed by atoms with Crippen LogP contribution in [-0.4, -0.2) is 5.11 Å². The Hall–Kier alpha value is -0.750. The molecule has 1 aliphatic carbocycles. The second kappa shape index (κ2) is 5.09. The Labute approximate surface area is 124 Å². The third-order valence-corrected chi connectivity index (χ3v) is 5.26. The molecule has 1 aliphatic rings. The fraction of sp³-hybridized carbons (Fsp3) is 0.286. The molecule has 0 saturated heterocycles. The molecule has 0 radical (unpaired) electrons. The molecular weight excluding hydrogens is 357 g/mol. The van der Waals surface area contributed by atoms with Crippen molar-refractivity contribution in [2.24, 2.45) is 0 Å². The van der Waals surface area contributed by atoms with Crippen LogP contribution in [0.1, 0.15) is 29.3 Å². The van der Waals surface area contributed by atoms with Gasteiger partial charge >= 0.3 is 0 Å². The Morgan fingerprint density at radius 1 is 1.28 bits per heavy atom. The van der Waals surface area contributed by atoms with Crippen molar-refractivity contribution in [2.75, 3.05) is 5.32 Å². The van der Waals surface area contributed by atoms with Crippen LogP contribution < -0.4 is 5.32 Å². The number of hydrogen-bond donors (Lipinski definition) is 2. The first-order valence-electron chi connectivity index (χ1n) is 6.06. The van der Waals surface area contributed by atoms with Gasteiger partial charge < -0.3 is 10.4 Å².